The van der Waals surface area contributed by atoms with Crippen molar-refractivity contribution < 1.29 is 274 Å². The Morgan fingerprint density at radius 1 is 0.0364 bits per heavy atom. The van der Waals surface area contributed by atoms with Crippen LogP contribution in [0.5, 0.6) is 0 Å². The molecule has 50 nitrogen and oxygen atoms in total. The summed E-state index contributed by atoms with van der Waals surface area (Å²) in [4.78, 5) is 0. The first-order valence-corrected chi connectivity index (χ1v) is 0. The normalized spacial score (nSPS) is 0. The van der Waals surface area contributed by atoms with Crippen LogP contribution in [0, 0.1) is 0 Å². The Hall–Kier alpha value is 3.00. The molecule has 0 unspecified atom stereocenters. The van der Waals surface area contributed by atoms with E-state index in [1.54, 1.807) is 0 Å². The molecule has 0 saturated carbocycles. The minimum absolute atomic E-state index is 0. The summed E-state index contributed by atoms with van der Waals surface area (Å²) in [5, 5.41) is 0. The third-order valence-electron chi connectivity index (χ3n) is 0. The van der Waals surface area contributed by atoms with Crippen LogP contribution in [-0.4, -0.2) is 422 Å². The Bertz CT molecular complexity index is 24.2. The van der Waals surface area contributed by atoms with Gasteiger partial charge in [0.1, 0.15) is 0 Å². The van der Waals surface area contributed by atoms with Gasteiger partial charge in [0.05, 0.1) is 0 Å². The quantitative estimate of drug-likeness (QED) is 0.204. The van der Waals surface area contributed by atoms with Crippen molar-refractivity contribution in [2.24, 2.45) is 0 Å². The standard InChI is InChI=1S/5Na.50H2O.5H/h;;;;;50*1H2;;;;;. The van der Waals surface area contributed by atoms with Gasteiger partial charge in [-0.15, -0.1) is 0 Å². The van der Waals surface area contributed by atoms with Gasteiger partial charge in [0.15, 0.2) is 0 Å². The molecule has 55 heteroatoms. The van der Waals surface area contributed by atoms with E-state index in [2.05, 4.69) is 0 Å². The molecule has 0 aliphatic carbocycles. The molecule has 0 aliphatic heterocycles. The zero-order valence-electron chi connectivity index (χ0n) is 25.0. The summed E-state index contributed by atoms with van der Waals surface area (Å²) < 4.78 is 0. The van der Waals surface area contributed by atoms with Crippen molar-refractivity contribution in [2.45, 2.75) is 0 Å². The van der Waals surface area contributed by atoms with Crippen LogP contribution in [-0.2, 0) is 0 Å². The Morgan fingerprint density at radius 2 is 0.0364 bits per heavy atom. The van der Waals surface area contributed by atoms with Gasteiger partial charge in [-0.05, 0) is 0 Å². The van der Waals surface area contributed by atoms with Gasteiger partial charge in [0.25, 0.3) is 0 Å². The molecular weight excluding hydrogens is 915 g/mol. The van der Waals surface area contributed by atoms with Crippen molar-refractivity contribution in [2.75, 3.05) is 0 Å². The zero-order valence-corrected chi connectivity index (χ0v) is 25.0. The van der Waals surface area contributed by atoms with Gasteiger partial charge in [-0.2, -0.15) is 0 Å². The van der Waals surface area contributed by atoms with Gasteiger partial charge in [0.2, 0.25) is 0 Å². The van der Waals surface area contributed by atoms with Crippen LogP contribution in [0.15, 0.2) is 0 Å². The molecule has 0 amide bonds. The Balaban J connectivity index is 0. The predicted molar refractivity (Wildman–Crippen MR) is 216 cm³/mol. The molecule has 0 bridgehead atoms. The van der Waals surface area contributed by atoms with Crippen molar-refractivity contribution in [1.29, 1.82) is 0 Å². The molecule has 100 N–H and O–H groups in total. The van der Waals surface area contributed by atoms with E-state index >= 15 is 0 Å². The predicted octanol–water partition coefficient (Wildman–Crippen LogP) is -44.5. The molecule has 0 saturated heterocycles. The van der Waals surface area contributed by atoms with Crippen LogP contribution in [0.25, 0.3) is 0 Å². The zero-order chi connectivity index (χ0) is 0. The summed E-state index contributed by atoms with van der Waals surface area (Å²) >= 11 is 0. The van der Waals surface area contributed by atoms with E-state index in [1.165, 1.54) is 0 Å². The van der Waals surface area contributed by atoms with Crippen LogP contribution < -0.4 is 0 Å². The molecule has 0 aromatic rings. The summed E-state index contributed by atoms with van der Waals surface area (Å²) in [5.41, 5.74) is 0. The molecule has 0 fully saturated rings. The third-order valence-corrected chi connectivity index (χ3v) is 0. The van der Waals surface area contributed by atoms with Crippen molar-refractivity contribution in [3.05, 3.63) is 0 Å². The first-order chi connectivity index (χ1) is 0. The molecule has 0 rings (SSSR count). The molecule has 0 spiro atoms. The summed E-state index contributed by atoms with van der Waals surface area (Å²) in [6, 6.07) is 0. The van der Waals surface area contributed by atoms with E-state index < -0.39 is 0 Å². The second-order valence-corrected chi connectivity index (χ2v) is 0. The molecule has 0 atom stereocenters. The van der Waals surface area contributed by atoms with Crippen molar-refractivity contribution >= 4 is 148 Å². The number of hydrogen-bond donors (Lipinski definition) is 0. The third kappa shape index (κ3) is 19200. The van der Waals surface area contributed by atoms with Crippen LogP contribution in [0.1, 0.15) is 0 Å². The number of hydrogen-bond acceptors (Lipinski definition) is 0. The van der Waals surface area contributed by atoms with Gasteiger partial charge in [-0.1, -0.05) is 0 Å². The first kappa shape index (κ1) is 20900. The number of rotatable bonds is 0. The topological polar surface area (TPSA) is 1580 Å². The van der Waals surface area contributed by atoms with E-state index in [1.807, 2.05) is 0 Å². The van der Waals surface area contributed by atoms with Crippen molar-refractivity contribution in [3.8, 4) is 0 Å². The average molecular weight is 1020 g/mol. The fourth-order valence-corrected chi connectivity index (χ4v) is 0. The van der Waals surface area contributed by atoms with Crippen molar-refractivity contribution in [3.63, 3.8) is 0 Å². The fourth-order valence-electron chi connectivity index (χ4n) is 0. The minimum atomic E-state index is 0. The Kier molecular flexibility index (Phi) is 7560000. The van der Waals surface area contributed by atoms with Crippen LogP contribution in [0.3, 0.4) is 0 Å². The van der Waals surface area contributed by atoms with Crippen LogP contribution in [0.4, 0.5) is 0 Å². The second kappa shape index (κ2) is 19900. The monoisotopic (exact) mass is 1020 g/mol. The molecule has 0 radical (unpaired) electrons. The second-order valence-electron chi connectivity index (χ2n) is 0. The van der Waals surface area contributed by atoms with Crippen LogP contribution >= 0.6 is 0 Å². The van der Waals surface area contributed by atoms with Gasteiger partial charge in [0, 0.05) is 0 Å². The summed E-state index contributed by atoms with van der Waals surface area (Å²) in [6.07, 6.45) is 0. The van der Waals surface area contributed by atoms with E-state index in [4.69, 9.17) is 0 Å². The molecule has 0 aliphatic rings. The molecular formula is H105Na5O50. The van der Waals surface area contributed by atoms with E-state index in [9.17, 15) is 0 Å². The maximum absolute atomic E-state index is 0. The molecule has 0 aromatic heterocycles. The van der Waals surface area contributed by atoms with Gasteiger partial charge < -0.3 is 274 Å². The summed E-state index contributed by atoms with van der Waals surface area (Å²) in [6.45, 7) is 0. The Morgan fingerprint density at radius 3 is 0.0364 bits per heavy atom. The molecule has 0 aromatic carbocycles. The van der Waals surface area contributed by atoms with E-state index in [-0.39, 0.29) is 422 Å². The Labute approximate surface area is 417 Å². The maximum atomic E-state index is 0. The first-order valence-electron chi connectivity index (χ1n) is 0. The molecule has 0 heterocycles. The molecule has 55 heavy (non-hydrogen) atoms. The molecule has 410 valence electrons. The van der Waals surface area contributed by atoms with Gasteiger partial charge in [-0.3, -0.25) is 0 Å². The summed E-state index contributed by atoms with van der Waals surface area (Å²) in [5.74, 6) is 0. The van der Waals surface area contributed by atoms with Crippen molar-refractivity contribution in [1.82, 2.24) is 0 Å². The van der Waals surface area contributed by atoms with Crippen LogP contribution in [0.2, 0.25) is 0 Å². The fraction of sp³-hybridized carbons (Fsp3) is 0. The van der Waals surface area contributed by atoms with Gasteiger partial charge in [-0.25, -0.2) is 0 Å². The van der Waals surface area contributed by atoms with E-state index in [0.29, 0.717) is 0 Å². The van der Waals surface area contributed by atoms with E-state index in [0.717, 1.165) is 0 Å². The summed E-state index contributed by atoms with van der Waals surface area (Å²) in [7, 11) is 0. The SMILES string of the molecule is O.O.O.O.O.O.O.O.O.O.O.O.O.O.O.O.O.O.O.O.O.O.O.O.O.O.O.O.O.O.O.O.O.O.O.O.O.O.O.O.O.O.O.O.O.O.O.O.O.O.[NaH].[NaH].[NaH].[NaH].[NaH]. The average Bonchev–Trinajstić information content (AvgIpc) is 0. The van der Waals surface area contributed by atoms with Gasteiger partial charge >= 0.3 is 148 Å².